The third kappa shape index (κ3) is 3.04. The lowest BCUT2D eigenvalue weighted by Crippen LogP contribution is -2.14. The number of nitrogens with two attached hydrogens (primary N) is 1. The molecule has 0 bridgehead atoms. The Balaban J connectivity index is 1.86. The van der Waals surface area contributed by atoms with Crippen LogP contribution in [0.25, 0.3) is 22.1 Å². The minimum Gasteiger partial charge on any atom is -0.481 e. The molecular formula is C17H13F2N5O3S. The number of hydrogen-bond donors (Lipinski definition) is 1. The molecule has 0 aliphatic carbocycles. The molecule has 0 spiro atoms. The first-order chi connectivity index (χ1) is 13.3. The molecule has 0 atom stereocenters. The predicted octanol–water partition coefficient (Wildman–Crippen LogP) is 1.96. The number of primary sulfonamides is 1. The zero-order chi connectivity index (χ0) is 20.1. The largest absolute Gasteiger partial charge is 0.481 e. The van der Waals surface area contributed by atoms with E-state index in [4.69, 9.17) is 9.88 Å². The average molecular weight is 405 g/mol. The van der Waals surface area contributed by atoms with E-state index in [1.54, 1.807) is 12.1 Å². The Labute approximate surface area is 157 Å². The van der Waals surface area contributed by atoms with Crippen LogP contribution in [0.1, 0.15) is 5.56 Å². The second-order valence-electron chi connectivity index (χ2n) is 6.00. The molecule has 0 amide bonds. The fourth-order valence-electron chi connectivity index (χ4n) is 2.92. The molecule has 11 heteroatoms. The minimum atomic E-state index is -4.22. The molecule has 0 aliphatic heterocycles. The lowest BCUT2D eigenvalue weighted by atomic mass is 10.2. The number of halogens is 2. The van der Waals surface area contributed by atoms with Crippen molar-refractivity contribution < 1.29 is 21.9 Å². The number of benzene rings is 1. The van der Waals surface area contributed by atoms with Crippen LogP contribution < -0.4 is 9.88 Å². The fraction of sp³-hybridized carbons (Fsp3) is 0.118. The summed E-state index contributed by atoms with van der Waals surface area (Å²) in [6.45, 7) is -0.218. The zero-order valence-corrected chi connectivity index (χ0v) is 15.2. The Morgan fingerprint density at radius 2 is 1.89 bits per heavy atom. The maximum Gasteiger partial charge on any atom is 0.238 e. The predicted molar refractivity (Wildman–Crippen MR) is 96.2 cm³/mol. The normalized spacial score (nSPS) is 12.0. The van der Waals surface area contributed by atoms with Crippen LogP contribution in [0.4, 0.5) is 8.78 Å². The standard InChI is InChI=1S/C17H13F2N5O3S/c1-27-15-3-2-10-16-14(6-21-17(10)23-15)22-8-24(16)7-11-12(18)4-9(5-13(11)19)28(20,25)26/h2-6,8H,7H2,1H3,(H2,20,25,26). The topological polar surface area (TPSA) is 113 Å². The van der Waals surface area contributed by atoms with Gasteiger partial charge in [0.15, 0.2) is 5.65 Å². The summed E-state index contributed by atoms with van der Waals surface area (Å²) < 4.78 is 58.1. The molecule has 0 unspecified atom stereocenters. The highest BCUT2D eigenvalue weighted by Crippen LogP contribution is 2.26. The Bertz CT molecular complexity index is 1310. The average Bonchev–Trinajstić information content (AvgIpc) is 3.06. The summed E-state index contributed by atoms with van der Waals surface area (Å²) in [7, 11) is -2.74. The van der Waals surface area contributed by atoms with Crippen LogP contribution in [0.5, 0.6) is 5.88 Å². The quantitative estimate of drug-likeness (QED) is 0.555. The highest BCUT2D eigenvalue weighted by Gasteiger charge is 2.19. The number of rotatable bonds is 4. The van der Waals surface area contributed by atoms with Gasteiger partial charge in [-0.25, -0.2) is 32.3 Å². The number of pyridine rings is 2. The van der Waals surface area contributed by atoms with Crippen LogP contribution >= 0.6 is 0 Å². The zero-order valence-electron chi connectivity index (χ0n) is 14.4. The maximum absolute atomic E-state index is 14.4. The number of hydrogen-bond acceptors (Lipinski definition) is 6. The first kappa shape index (κ1) is 18.2. The van der Waals surface area contributed by atoms with Crippen LogP contribution in [0.2, 0.25) is 0 Å². The van der Waals surface area contributed by atoms with Gasteiger partial charge in [-0.1, -0.05) is 0 Å². The Hall–Kier alpha value is -3.18. The van der Waals surface area contributed by atoms with Crippen molar-refractivity contribution >= 4 is 32.1 Å². The summed E-state index contributed by atoms with van der Waals surface area (Å²) in [6, 6.07) is 4.76. The summed E-state index contributed by atoms with van der Waals surface area (Å²) >= 11 is 0. The molecular weight excluding hydrogens is 392 g/mol. The number of methoxy groups -OCH3 is 1. The fourth-order valence-corrected chi connectivity index (χ4v) is 3.46. The number of ether oxygens (including phenoxy) is 1. The van der Waals surface area contributed by atoms with Gasteiger partial charge >= 0.3 is 0 Å². The molecule has 0 fully saturated rings. The van der Waals surface area contributed by atoms with Crippen molar-refractivity contribution in [2.24, 2.45) is 5.14 Å². The summed E-state index contributed by atoms with van der Waals surface area (Å²) in [5.41, 5.74) is 1.16. The molecule has 0 radical (unpaired) electrons. The molecule has 1 aromatic carbocycles. The van der Waals surface area contributed by atoms with Crippen molar-refractivity contribution in [2.45, 2.75) is 11.4 Å². The van der Waals surface area contributed by atoms with E-state index in [-0.39, 0.29) is 12.1 Å². The number of imidazole rings is 1. The van der Waals surface area contributed by atoms with E-state index in [0.717, 1.165) is 0 Å². The van der Waals surface area contributed by atoms with Crippen molar-refractivity contribution in [3.8, 4) is 5.88 Å². The van der Waals surface area contributed by atoms with E-state index < -0.39 is 26.6 Å². The monoisotopic (exact) mass is 405 g/mol. The van der Waals surface area contributed by atoms with E-state index in [9.17, 15) is 17.2 Å². The molecule has 3 heterocycles. The van der Waals surface area contributed by atoms with Crippen LogP contribution in [0.3, 0.4) is 0 Å². The van der Waals surface area contributed by atoms with Gasteiger partial charge in [-0.2, -0.15) is 4.98 Å². The molecule has 0 aliphatic rings. The van der Waals surface area contributed by atoms with Crippen molar-refractivity contribution in [3.63, 3.8) is 0 Å². The molecule has 0 saturated carbocycles. The van der Waals surface area contributed by atoms with E-state index in [0.29, 0.717) is 40.1 Å². The van der Waals surface area contributed by atoms with E-state index in [1.165, 1.54) is 24.2 Å². The Morgan fingerprint density at radius 1 is 1.18 bits per heavy atom. The summed E-state index contributed by atoms with van der Waals surface area (Å²) in [6.07, 6.45) is 2.92. The molecule has 3 aromatic heterocycles. The van der Waals surface area contributed by atoms with Crippen molar-refractivity contribution in [3.05, 3.63) is 54.0 Å². The van der Waals surface area contributed by atoms with Crippen LogP contribution in [0, 0.1) is 11.6 Å². The Kier molecular flexibility index (Phi) is 4.20. The van der Waals surface area contributed by atoms with E-state index >= 15 is 0 Å². The van der Waals surface area contributed by atoms with Gasteiger partial charge in [0.05, 0.1) is 36.6 Å². The lowest BCUT2D eigenvalue weighted by Gasteiger charge is -2.10. The number of aromatic nitrogens is 4. The van der Waals surface area contributed by atoms with Gasteiger partial charge in [0.2, 0.25) is 15.9 Å². The van der Waals surface area contributed by atoms with Gasteiger partial charge in [0.25, 0.3) is 0 Å². The van der Waals surface area contributed by atoms with Gasteiger partial charge in [-0.05, 0) is 18.2 Å². The van der Waals surface area contributed by atoms with Crippen molar-refractivity contribution in [1.82, 2.24) is 19.5 Å². The highest BCUT2D eigenvalue weighted by atomic mass is 32.2. The van der Waals surface area contributed by atoms with Gasteiger partial charge in [0.1, 0.15) is 17.2 Å². The second kappa shape index (κ2) is 6.46. The minimum absolute atomic E-state index is 0.218. The second-order valence-corrected chi connectivity index (χ2v) is 7.56. The lowest BCUT2D eigenvalue weighted by molar-refractivity contribution is 0.399. The maximum atomic E-state index is 14.4. The molecule has 4 rings (SSSR count). The van der Waals surface area contributed by atoms with Crippen molar-refractivity contribution in [2.75, 3.05) is 7.11 Å². The van der Waals surface area contributed by atoms with Gasteiger partial charge in [-0.3, -0.25) is 0 Å². The summed E-state index contributed by atoms with van der Waals surface area (Å²) in [5, 5.41) is 5.56. The van der Waals surface area contributed by atoms with Gasteiger partial charge in [0, 0.05) is 17.0 Å². The summed E-state index contributed by atoms with van der Waals surface area (Å²) in [5.74, 6) is -1.67. The molecule has 0 saturated heterocycles. The highest BCUT2D eigenvalue weighted by molar-refractivity contribution is 7.89. The van der Waals surface area contributed by atoms with E-state index in [2.05, 4.69) is 15.0 Å². The third-order valence-electron chi connectivity index (χ3n) is 4.26. The first-order valence-corrected chi connectivity index (χ1v) is 9.48. The van der Waals surface area contributed by atoms with Crippen LogP contribution in [0.15, 0.2) is 41.7 Å². The molecule has 28 heavy (non-hydrogen) atoms. The molecule has 144 valence electrons. The SMILES string of the molecule is COc1ccc2c(ncc3ncn(Cc4c(F)cc(S(N)(=O)=O)cc4F)c32)n1. The van der Waals surface area contributed by atoms with Crippen LogP contribution in [-0.2, 0) is 16.6 Å². The number of sulfonamides is 1. The van der Waals surface area contributed by atoms with Crippen molar-refractivity contribution in [1.29, 1.82) is 0 Å². The van der Waals surface area contributed by atoms with E-state index in [1.807, 2.05) is 0 Å². The Morgan fingerprint density at radius 3 is 2.54 bits per heavy atom. The molecule has 2 N–H and O–H groups in total. The summed E-state index contributed by atoms with van der Waals surface area (Å²) in [4.78, 5) is 12.0. The smallest absolute Gasteiger partial charge is 0.238 e. The number of nitrogens with zero attached hydrogens (tertiary/aromatic N) is 4. The number of fused-ring (bicyclic) bond motifs is 3. The molecule has 4 aromatic rings. The van der Waals surface area contributed by atoms with Crippen LogP contribution in [-0.4, -0.2) is 35.0 Å². The van der Waals surface area contributed by atoms with Gasteiger partial charge < -0.3 is 9.30 Å². The molecule has 8 nitrogen and oxygen atoms in total. The first-order valence-electron chi connectivity index (χ1n) is 7.93. The third-order valence-corrected chi connectivity index (χ3v) is 5.15. The van der Waals surface area contributed by atoms with Gasteiger partial charge in [-0.15, -0.1) is 0 Å².